The van der Waals surface area contributed by atoms with Gasteiger partial charge in [-0.3, -0.25) is 0 Å². The van der Waals surface area contributed by atoms with Crippen LogP contribution in [-0.2, 0) is 0 Å². The number of rotatable bonds is 6. The van der Waals surface area contributed by atoms with Crippen molar-refractivity contribution in [3.05, 3.63) is 64.7 Å². The smallest absolute Gasteiger partial charge is 0.124 e. The molecule has 0 spiro atoms. The molecule has 0 bridgehead atoms. The first-order valence-electron chi connectivity index (χ1n) is 7.60. The SMILES string of the molecule is CCCNC(c1ccccc1)c1cc(C)c(OC)c(C)c1. The van der Waals surface area contributed by atoms with E-state index in [9.17, 15) is 0 Å². The van der Waals surface area contributed by atoms with Crippen molar-refractivity contribution in [2.75, 3.05) is 13.7 Å². The highest BCUT2D eigenvalue weighted by molar-refractivity contribution is 5.46. The van der Waals surface area contributed by atoms with E-state index >= 15 is 0 Å². The molecule has 0 saturated heterocycles. The maximum Gasteiger partial charge on any atom is 0.124 e. The molecule has 112 valence electrons. The van der Waals surface area contributed by atoms with Crippen LogP contribution in [0.2, 0.25) is 0 Å². The van der Waals surface area contributed by atoms with Gasteiger partial charge in [0, 0.05) is 0 Å². The number of hydrogen-bond acceptors (Lipinski definition) is 2. The third kappa shape index (κ3) is 3.64. The lowest BCUT2D eigenvalue weighted by Crippen LogP contribution is -2.23. The van der Waals surface area contributed by atoms with Gasteiger partial charge in [-0.2, -0.15) is 0 Å². The summed E-state index contributed by atoms with van der Waals surface area (Å²) in [7, 11) is 1.74. The predicted octanol–water partition coefficient (Wildman–Crippen LogP) is 4.40. The highest BCUT2D eigenvalue weighted by Crippen LogP contribution is 2.30. The number of hydrogen-bond donors (Lipinski definition) is 1. The van der Waals surface area contributed by atoms with Gasteiger partial charge in [0.2, 0.25) is 0 Å². The lowest BCUT2D eigenvalue weighted by Gasteiger charge is -2.22. The van der Waals surface area contributed by atoms with Gasteiger partial charge in [0.25, 0.3) is 0 Å². The average molecular weight is 283 g/mol. The molecule has 0 amide bonds. The summed E-state index contributed by atoms with van der Waals surface area (Å²) in [5.41, 5.74) is 4.97. The lowest BCUT2D eigenvalue weighted by atomic mass is 9.95. The van der Waals surface area contributed by atoms with Gasteiger partial charge in [0.15, 0.2) is 0 Å². The van der Waals surface area contributed by atoms with Crippen molar-refractivity contribution >= 4 is 0 Å². The predicted molar refractivity (Wildman–Crippen MR) is 89.0 cm³/mol. The summed E-state index contributed by atoms with van der Waals surface area (Å²) in [6, 6.07) is 15.3. The van der Waals surface area contributed by atoms with Crippen LogP contribution >= 0.6 is 0 Å². The molecule has 2 aromatic rings. The monoisotopic (exact) mass is 283 g/mol. The normalized spacial score (nSPS) is 12.2. The molecule has 21 heavy (non-hydrogen) atoms. The van der Waals surface area contributed by atoms with Crippen LogP contribution < -0.4 is 10.1 Å². The van der Waals surface area contributed by atoms with E-state index in [2.05, 4.69) is 68.6 Å². The average Bonchev–Trinajstić information content (AvgIpc) is 2.48. The molecule has 0 aliphatic rings. The topological polar surface area (TPSA) is 21.3 Å². The Hall–Kier alpha value is -1.80. The molecule has 0 fully saturated rings. The molecule has 0 heterocycles. The third-order valence-corrected chi connectivity index (χ3v) is 3.75. The molecule has 1 atom stereocenters. The summed E-state index contributed by atoms with van der Waals surface area (Å²) in [5, 5.41) is 3.65. The van der Waals surface area contributed by atoms with E-state index in [-0.39, 0.29) is 6.04 Å². The quantitative estimate of drug-likeness (QED) is 0.848. The first-order valence-corrected chi connectivity index (χ1v) is 7.60. The largest absolute Gasteiger partial charge is 0.496 e. The minimum atomic E-state index is 0.231. The van der Waals surface area contributed by atoms with E-state index in [0.717, 1.165) is 18.7 Å². The Morgan fingerprint density at radius 2 is 1.62 bits per heavy atom. The van der Waals surface area contributed by atoms with Gasteiger partial charge in [-0.15, -0.1) is 0 Å². The first-order chi connectivity index (χ1) is 10.2. The maximum atomic E-state index is 5.48. The summed E-state index contributed by atoms with van der Waals surface area (Å²) in [6.07, 6.45) is 1.12. The van der Waals surface area contributed by atoms with Crippen LogP contribution in [-0.4, -0.2) is 13.7 Å². The van der Waals surface area contributed by atoms with Crippen molar-refractivity contribution < 1.29 is 4.74 Å². The van der Waals surface area contributed by atoms with E-state index in [1.54, 1.807) is 7.11 Å². The van der Waals surface area contributed by atoms with Crippen LogP contribution in [0.3, 0.4) is 0 Å². The zero-order valence-corrected chi connectivity index (χ0v) is 13.4. The summed E-state index contributed by atoms with van der Waals surface area (Å²) in [5.74, 6) is 0.987. The van der Waals surface area contributed by atoms with Crippen LogP contribution in [0, 0.1) is 13.8 Å². The maximum absolute atomic E-state index is 5.48. The molecule has 1 unspecified atom stereocenters. The highest BCUT2D eigenvalue weighted by atomic mass is 16.5. The summed E-state index contributed by atoms with van der Waals surface area (Å²) in [6.45, 7) is 7.41. The Bertz CT molecular complexity index is 554. The molecule has 2 heteroatoms. The Balaban J connectivity index is 2.42. The molecule has 0 saturated carbocycles. The summed E-state index contributed by atoms with van der Waals surface area (Å²) >= 11 is 0. The van der Waals surface area contributed by atoms with Crippen LogP contribution in [0.4, 0.5) is 0 Å². The van der Waals surface area contributed by atoms with Gasteiger partial charge >= 0.3 is 0 Å². The minimum absolute atomic E-state index is 0.231. The van der Waals surface area contributed by atoms with Gasteiger partial charge in [-0.25, -0.2) is 0 Å². The van der Waals surface area contributed by atoms with Gasteiger partial charge in [-0.1, -0.05) is 49.4 Å². The molecule has 2 rings (SSSR count). The zero-order valence-electron chi connectivity index (χ0n) is 13.4. The van der Waals surface area contributed by atoms with Crippen molar-refractivity contribution in [1.29, 1.82) is 0 Å². The van der Waals surface area contributed by atoms with Crippen molar-refractivity contribution in [3.63, 3.8) is 0 Å². The van der Waals surface area contributed by atoms with Crippen LogP contribution in [0.1, 0.15) is 41.6 Å². The van der Waals surface area contributed by atoms with E-state index in [1.807, 2.05) is 0 Å². The zero-order chi connectivity index (χ0) is 15.2. The van der Waals surface area contributed by atoms with E-state index in [0.29, 0.717) is 0 Å². The van der Waals surface area contributed by atoms with E-state index < -0.39 is 0 Å². The second-order valence-electron chi connectivity index (χ2n) is 5.49. The van der Waals surface area contributed by atoms with Crippen LogP contribution in [0.25, 0.3) is 0 Å². The van der Waals surface area contributed by atoms with E-state index in [4.69, 9.17) is 4.74 Å². The van der Waals surface area contributed by atoms with Gasteiger partial charge in [0.1, 0.15) is 5.75 Å². The number of ether oxygens (including phenoxy) is 1. The molecular weight excluding hydrogens is 258 g/mol. The van der Waals surface area contributed by atoms with Crippen molar-refractivity contribution in [1.82, 2.24) is 5.32 Å². The molecule has 2 aromatic carbocycles. The second-order valence-corrected chi connectivity index (χ2v) is 5.49. The molecule has 1 N–H and O–H groups in total. The Kier molecular flexibility index (Phi) is 5.40. The summed E-state index contributed by atoms with van der Waals surface area (Å²) < 4.78 is 5.48. The Labute approximate surface area is 128 Å². The fraction of sp³-hybridized carbons (Fsp3) is 0.368. The second kappa shape index (κ2) is 7.28. The Morgan fingerprint density at radius 1 is 1.00 bits per heavy atom. The fourth-order valence-corrected chi connectivity index (χ4v) is 2.83. The van der Waals surface area contributed by atoms with Gasteiger partial charge < -0.3 is 10.1 Å². The van der Waals surface area contributed by atoms with Crippen molar-refractivity contribution in [3.8, 4) is 5.75 Å². The van der Waals surface area contributed by atoms with Crippen LogP contribution in [0.5, 0.6) is 5.75 Å². The number of methoxy groups -OCH3 is 1. The first kappa shape index (κ1) is 15.6. The molecule has 2 nitrogen and oxygen atoms in total. The molecule has 0 radical (unpaired) electrons. The van der Waals surface area contributed by atoms with Crippen molar-refractivity contribution in [2.45, 2.75) is 33.2 Å². The van der Waals surface area contributed by atoms with Crippen LogP contribution in [0.15, 0.2) is 42.5 Å². The van der Waals surface area contributed by atoms with Crippen molar-refractivity contribution in [2.24, 2.45) is 0 Å². The molecule has 0 aliphatic carbocycles. The third-order valence-electron chi connectivity index (χ3n) is 3.75. The van der Waals surface area contributed by atoms with Gasteiger partial charge in [-0.05, 0) is 49.1 Å². The highest BCUT2D eigenvalue weighted by Gasteiger charge is 2.15. The fourth-order valence-electron chi connectivity index (χ4n) is 2.83. The number of nitrogens with one attached hydrogen (secondary N) is 1. The molecule has 0 aliphatic heterocycles. The number of aryl methyl sites for hydroxylation is 2. The molecule has 0 aromatic heterocycles. The Morgan fingerprint density at radius 3 is 2.14 bits per heavy atom. The lowest BCUT2D eigenvalue weighted by molar-refractivity contribution is 0.408. The summed E-state index contributed by atoms with van der Waals surface area (Å²) in [4.78, 5) is 0. The molecular formula is C19H25NO. The standard InChI is InChI=1S/C19H25NO/c1-5-11-20-18(16-9-7-6-8-10-16)17-12-14(2)19(21-4)15(3)13-17/h6-10,12-13,18,20H,5,11H2,1-4H3. The van der Waals surface area contributed by atoms with E-state index in [1.165, 1.54) is 22.3 Å². The van der Waals surface area contributed by atoms with Gasteiger partial charge in [0.05, 0.1) is 13.2 Å². The number of benzene rings is 2. The minimum Gasteiger partial charge on any atom is -0.496 e.